The van der Waals surface area contributed by atoms with Crippen molar-refractivity contribution in [3.05, 3.63) is 0 Å². The second-order valence-electron chi connectivity index (χ2n) is 2.98. The zero-order valence-corrected chi connectivity index (χ0v) is 7.01. The second kappa shape index (κ2) is 5.69. The van der Waals surface area contributed by atoms with Crippen molar-refractivity contribution in [2.45, 2.75) is 51.7 Å². The van der Waals surface area contributed by atoms with Crippen LogP contribution in [0.4, 0.5) is 0 Å². The maximum atomic E-state index is 8.91. The molecule has 0 spiro atoms. The molecule has 0 saturated heterocycles. The van der Waals surface area contributed by atoms with Crippen LogP contribution >= 0.6 is 0 Å². The van der Waals surface area contributed by atoms with Crippen LogP contribution in [0.3, 0.4) is 0 Å². The number of hydrogen-bond donors (Lipinski definition) is 2. The predicted molar refractivity (Wildman–Crippen MR) is 43.8 cm³/mol. The number of hydrogen-bond acceptors (Lipinski definition) is 2. The quantitative estimate of drug-likeness (QED) is 0.612. The van der Waals surface area contributed by atoms with E-state index in [1.807, 2.05) is 0 Å². The Hall–Kier alpha value is -0.0800. The number of aliphatic hydroxyl groups excluding tert-OH is 1. The Bertz CT molecular complexity index is 73.7. The van der Waals surface area contributed by atoms with Gasteiger partial charge in [-0.3, -0.25) is 0 Å². The molecule has 0 aromatic heterocycles. The SMILES string of the molecule is CCCC(N)CCC(C)O. The lowest BCUT2D eigenvalue weighted by atomic mass is 10.1. The van der Waals surface area contributed by atoms with Crippen LogP contribution < -0.4 is 5.73 Å². The van der Waals surface area contributed by atoms with Gasteiger partial charge in [0.15, 0.2) is 0 Å². The summed E-state index contributed by atoms with van der Waals surface area (Å²) in [4.78, 5) is 0. The summed E-state index contributed by atoms with van der Waals surface area (Å²) >= 11 is 0. The molecule has 0 aliphatic carbocycles. The van der Waals surface area contributed by atoms with Crippen molar-refractivity contribution in [3.63, 3.8) is 0 Å². The minimum Gasteiger partial charge on any atom is -0.393 e. The Labute approximate surface area is 63.4 Å². The van der Waals surface area contributed by atoms with Gasteiger partial charge in [0.05, 0.1) is 6.10 Å². The van der Waals surface area contributed by atoms with Crippen LogP contribution in [0.5, 0.6) is 0 Å². The zero-order chi connectivity index (χ0) is 7.98. The van der Waals surface area contributed by atoms with E-state index in [1.165, 1.54) is 0 Å². The van der Waals surface area contributed by atoms with E-state index in [2.05, 4.69) is 6.92 Å². The van der Waals surface area contributed by atoms with Crippen LogP contribution in [-0.4, -0.2) is 17.3 Å². The van der Waals surface area contributed by atoms with Gasteiger partial charge in [0, 0.05) is 6.04 Å². The topological polar surface area (TPSA) is 46.2 Å². The third kappa shape index (κ3) is 6.05. The Kier molecular flexibility index (Phi) is 5.64. The maximum Gasteiger partial charge on any atom is 0.0512 e. The summed E-state index contributed by atoms with van der Waals surface area (Å²) < 4.78 is 0. The van der Waals surface area contributed by atoms with E-state index in [0.717, 1.165) is 25.7 Å². The summed E-state index contributed by atoms with van der Waals surface area (Å²) in [6, 6.07) is 0.291. The molecule has 0 amide bonds. The Morgan fingerprint density at radius 1 is 1.30 bits per heavy atom. The van der Waals surface area contributed by atoms with Gasteiger partial charge in [0.25, 0.3) is 0 Å². The number of rotatable bonds is 5. The molecular weight excluding hydrogens is 126 g/mol. The highest BCUT2D eigenvalue weighted by Crippen LogP contribution is 2.03. The Morgan fingerprint density at radius 3 is 2.30 bits per heavy atom. The lowest BCUT2D eigenvalue weighted by Gasteiger charge is -2.10. The Morgan fingerprint density at radius 2 is 1.90 bits per heavy atom. The molecule has 0 aliphatic heterocycles. The van der Waals surface area contributed by atoms with Gasteiger partial charge in [-0.25, -0.2) is 0 Å². The summed E-state index contributed by atoms with van der Waals surface area (Å²) in [6.07, 6.45) is 3.81. The van der Waals surface area contributed by atoms with Crippen LogP contribution in [0, 0.1) is 0 Å². The lowest BCUT2D eigenvalue weighted by molar-refractivity contribution is 0.177. The zero-order valence-electron chi connectivity index (χ0n) is 7.01. The third-order valence-corrected chi connectivity index (χ3v) is 1.61. The van der Waals surface area contributed by atoms with Gasteiger partial charge in [-0.1, -0.05) is 13.3 Å². The highest BCUT2D eigenvalue weighted by Gasteiger charge is 2.02. The van der Waals surface area contributed by atoms with Gasteiger partial charge < -0.3 is 10.8 Å². The molecule has 10 heavy (non-hydrogen) atoms. The molecule has 0 radical (unpaired) electrons. The first-order valence-electron chi connectivity index (χ1n) is 4.10. The van der Waals surface area contributed by atoms with E-state index in [1.54, 1.807) is 6.92 Å². The normalized spacial score (nSPS) is 16.8. The van der Waals surface area contributed by atoms with Crippen LogP contribution in [0.2, 0.25) is 0 Å². The molecule has 0 aromatic carbocycles. The van der Waals surface area contributed by atoms with Gasteiger partial charge >= 0.3 is 0 Å². The molecule has 62 valence electrons. The van der Waals surface area contributed by atoms with Gasteiger partial charge in [-0.15, -0.1) is 0 Å². The first-order chi connectivity index (χ1) is 4.66. The van der Waals surface area contributed by atoms with Crippen molar-refractivity contribution < 1.29 is 5.11 Å². The molecule has 0 aliphatic rings. The molecule has 0 bridgehead atoms. The van der Waals surface area contributed by atoms with Gasteiger partial charge in [0.2, 0.25) is 0 Å². The van der Waals surface area contributed by atoms with Gasteiger partial charge in [0.1, 0.15) is 0 Å². The van der Waals surface area contributed by atoms with Crippen molar-refractivity contribution in [1.82, 2.24) is 0 Å². The fourth-order valence-corrected chi connectivity index (χ4v) is 0.970. The summed E-state index contributed by atoms with van der Waals surface area (Å²) in [5.41, 5.74) is 5.72. The standard InChI is InChI=1S/C8H19NO/c1-3-4-8(9)6-5-7(2)10/h7-8,10H,3-6,9H2,1-2H3. The van der Waals surface area contributed by atoms with E-state index >= 15 is 0 Å². The van der Waals surface area contributed by atoms with Crippen LogP contribution in [-0.2, 0) is 0 Å². The van der Waals surface area contributed by atoms with E-state index in [0.29, 0.717) is 6.04 Å². The highest BCUT2D eigenvalue weighted by molar-refractivity contribution is 4.61. The first-order valence-corrected chi connectivity index (χ1v) is 4.10. The van der Waals surface area contributed by atoms with E-state index in [-0.39, 0.29) is 6.10 Å². The third-order valence-electron chi connectivity index (χ3n) is 1.61. The predicted octanol–water partition coefficient (Wildman–Crippen LogP) is 1.27. The average Bonchev–Trinajstić information content (AvgIpc) is 1.85. The molecule has 0 saturated carbocycles. The van der Waals surface area contributed by atoms with E-state index < -0.39 is 0 Å². The first kappa shape index (κ1) is 9.92. The van der Waals surface area contributed by atoms with Crippen LogP contribution in [0.25, 0.3) is 0 Å². The summed E-state index contributed by atoms with van der Waals surface area (Å²) in [5.74, 6) is 0. The molecule has 2 heteroatoms. The fraction of sp³-hybridized carbons (Fsp3) is 1.00. The van der Waals surface area contributed by atoms with Crippen molar-refractivity contribution in [3.8, 4) is 0 Å². The highest BCUT2D eigenvalue weighted by atomic mass is 16.3. The maximum absolute atomic E-state index is 8.91. The van der Waals surface area contributed by atoms with Crippen LogP contribution in [0.15, 0.2) is 0 Å². The Balaban J connectivity index is 3.12. The molecular formula is C8H19NO. The van der Waals surface area contributed by atoms with Crippen molar-refractivity contribution in [2.24, 2.45) is 5.73 Å². The molecule has 0 rings (SSSR count). The summed E-state index contributed by atoms with van der Waals surface area (Å²) in [5, 5.41) is 8.91. The smallest absolute Gasteiger partial charge is 0.0512 e. The summed E-state index contributed by atoms with van der Waals surface area (Å²) in [7, 11) is 0. The molecule has 0 fully saturated rings. The molecule has 0 heterocycles. The lowest BCUT2D eigenvalue weighted by Crippen LogP contribution is -2.20. The molecule has 3 N–H and O–H groups in total. The minimum absolute atomic E-state index is 0.192. The van der Waals surface area contributed by atoms with Gasteiger partial charge in [-0.05, 0) is 26.2 Å². The van der Waals surface area contributed by atoms with Crippen LogP contribution in [0.1, 0.15) is 39.5 Å². The molecule has 2 atom stereocenters. The monoisotopic (exact) mass is 145 g/mol. The summed E-state index contributed by atoms with van der Waals surface area (Å²) in [6.45, 7) is 3.93. The largest absolute Gasteiger partial charge is 0.393 e. The van der Waals surface area contributed by atoms with Gasteiger partial charge in [-0.2, -0.15) is 0 Å². The van der Waals surface area contributed by atoms with Crippen molar-refractivity contribution in [2.75, 3.05) is 0 Å². The second-order valence-corrected chi connectivity index (χ2v) is 2.98. The van der Waals surface area contributed by atoms with Crippen molar-refractivity contribution >= 4 is 0 Å². The molecule has 2 nitrogen and oxygen atoms in total. The molecule has 0 aromatic rings. The van der Waals surface area contributed by atoms with E-state index in [9.17, 15) is 0 Å². The fourth-order valence-electron chi connectivity index (χ4n) is 0.970. The average molecular weight is 145 g/mol. The number of aliphatic hydroxyl groups is 1. The van der Waals surface area contributed by atoms with Crippen molar-refractivity contribution in [1.29, 1.82) is 0 Å². The molecule has 2 unspecified atom stereocenters. The minimum atomic E-state index is -0.192. The van der Waals surface area contributed by atoms with E-state index in [4.69, 9.17) is 10.8 Å². The number of nitrogens with two attached hydrogens (primary N) is 1.